The lowest BCUT2D eigenvalue weighted by molar-refractivity contribution is 0.566. The summed E-state index contributed by atoms with van der Waals surface area (Å²) in [5.41, 5.74) is 2.14. The zero-order chi connectivity index (χ0) is 13.9. The van der Waals surface area contributed by atoms with Gasteiger partial charge in [0.2, 0.25) is 0 Å². The van der Waals surface area contributed by atoms with Gasteiger partial charge in [0.05, 0.1) is 10.9 Å². The van der Waals surface area contributed by atoms with E-state index in [0.717, 1.165) is 10.6 Å². The van der Waals surface area contributed by atoms with Gasteiger partial charge in [-0.05, 0) is 30.7 Å². The summed E-state index contributed by atoms with van der Waals surface area (Å²) in [6, 6.07) is 18.4. The normalized spacial score (nSPS) is 12.0. The minimum absolute atomic E-state index is 0.195. The number of nitriles is 1. The van der Waals surface area contributed by atoms with Crippen LogP contribution in [0.25, 0.3) is 10.6 Å². The van der Waals surface area contributed by atoms with E-state index < -0.39 is 0 Å². The molecule has 0 aliphatic carbocycles. The minimum atomic E-state index is 0.195. The van der Waals surface area contributed by atoms with Gasteiger partial charge in [-0.15, -0.1) is 11.3 Å². The fourth-order valence-electron chi connectivity index (χ4n) is 2.11. The molecule has 0 N–H and O–H groups in total. The molecule has 20 heavy (non-hydrogen) atoms. The first-order chi connectivity index (χ1) is 9.78. The zero-order valence-corrected chi connectivity index (χ0v) is 11.8. The smallest absolute Gasteiger partial charge is 0.110 e. The summed E-state index contributed by atoms with van der Waals surface area (Å²) in [4.78, 5) is 1.74. The van der Waals surface area contributed by atoms with Crippen LogP contribution in [-0.2, 0) is 0 Å². The molecule has 1 aromatic carbocycles. The van der Waals surface area contributed by atoms with E-state index in [4.69, 9.17) is 5.26 Å². The van der Waals surface area contributed by atoms with Crippen LogP contribution in [-0.4, -0.2) is 9.78 Å². The monoisotopic (exact) mass is 279 g/mol. The van der Waals surface area contributed by atoms with E-state index in [-0.39, 0.29) is 6.04 Å². The van der Waals surface area contributed by atoms with Crippen LogP contribution in [0.3, 0.4) is 0 Å². The van der Waals surface area contributed by atoms with Gasteiger partial charge in [0.1, 0.15) is 16.6 Å². The summed E-state index contributed by atoms with van der Waals surface area (Å²) < 4.78 is 1.95. The van der Waals surface area contributed by atoms with Crippen molar-refractivity contribution >= 4 is 11.3 Å². The lowest BCUT2D eigenvalue weighted by atomic mass is 10.1. The number of aromatic nitrogens is 2. The summed E-state index contributed by atoms with van der Waals surface area (Å²) >= 11 is 1.47. The first-order valence-electron chi connectivity index (χ1n) is 6.38. The molecule has 0 saturated heterocycles. The number of rotatable bonds is 3. The Labute approximate surface area is 121 Å². The molecule has 98 valence electrons. The van der Waals surface area contributed by atoms with E-state index in [1.54, 1.807) is 0 Å². The molecule has 1 atom stereocenters. The molecule has 0 aliphatic heterocycles. The van der Waals surface area contributed by atoms with Gasteiger partial charge >= 0.3 is 0 Å². The van der Waals surface area contributed by atoms with E-state index in [1.165, 1.54) is 16.9 Å². The molecule has 0 radical (unpaired) electrons. The molecule has 0 aliphatic rings. The maximum absolute atomic E-state index is 8.87. The van der Waals surface area contributed by atoms with Gasteiger partial charge in [-0.3, -0.25) is 4.68 Å². The van der Waals surface area contributed by atoms with Crippen LogP contribution in [0.5, 0.6) is 0 Å². The Balaban J connectivity index is 1.89. The Bertz CT molecular complexity index is 749. The van der Waals surface area contributed by atoms with Crippen molar-refractivity contribution in [2.75, 3.05) is 0 Å². The first kappa shape index (κ1) is 12.6. The molecular formula is C16H13N3S. The van der Waals surface area contributed by atoms with Crippen LogP contribution < -0.4 is 0 Å². The number of thiophene rings is 1. The average molecular weight is 279 g/mol. The average Bonchev–Trinajstić information content (AvgIpc) is 3.16. The number of hydrogen-bond acceptors (Lipinski definition) is 3. The fraction of sp³-hybridized carbons (Fsp3) is 0.125. The van der Waals surface area contributed by atoms with Gasteiger partial charge in [0.25, 0.3) is 0 Å². The van der Waals surface area contributed by atoms with Gasteiger partial charge in [0, 0.05) is 6.20 Å². The lowest BCUT2D eigenvalue weighted by Crippen LogP contribution is -2.07. The SMILES string of the molecule is CC(c1ccccc1)n1ccc(-c2ccc(C#N)s2)n1. The number of nitrogens with zero attached hydrogens (tertiary/aromatic N) is 3. The van der Waals surface area contributed by atoms with Crippen LogP contribution in [0.4, 0.5) is 0 Å². The van der Waals surface area contributed by atoms with Gasteiger partial charge in [-0.1, -0.05) is 30.3 Å². The molecular weight excluding hydrogens is 266 g/mol. The van der Waals surface area contributed by atoms with Crippen molar-refractivity contribution in [1.82, 2.24) is 9.78 Å². The van der Waals surface area contributed by atoms with Crippen molar-refractivity contribution in [3.05, 3.63) is 65.2 Å². The molecule has 4 heteroatoms. The van der Waals surface area contributed by atoms with Crippen LogP contribution >= 0.6 is 11.3 Å². The van der Waals surface area contributed by atoms with Crippen LogP contribution in [0.15, 0.2) is 54.7 Å². The molecule has 3 rings (SSSR count). The maximum Gasteiger partial charge on any atom is 0.110 e. The molecule has 0 amide bonds. The van der Waals surface area contributed by atoms with Crippen LogP contribution in [0.1, 0.15) is 23.4 Å². The van der Waals surface area contributed by atoms with Crippen molar-refractivity contribution in [3.63, 3.8) is 0 Å². The molecule has 2 heterocycles. The molecule has 0 spiro atoms. The lowest BCUT2D eigenvalue weighted by Gasteiger charge is -2.12. The van der Waals surface area contributed by atoms with Crippen molar-refractivity contribution < 1.29 is 0 Å². The zero-order valence-electron chi connectivity index (χ0n) is 11.0. The summed E-state index contributed by atoms with van der Waals surface area (Å²) in [7, 11) is 0. The standard InChI is InChI=1S/C16H13N3S/c1-12(13-5-3-2-4-6-13)19-10-9-15(18-19)16-8-7-14(11-17)20-16/h2-10,12H,1H3. The van der Waals surface area contributed by atoms with Crippen molar-refractivity contribution in [3.8, 4) is 16.6 Å². The third-order valence-corrected chi connectivity index (χ3v) is 4.27. The maximum atomic E-state index is 8.87. The molecule has 0 saturated carbocycles. The third-order valence-electron chi connectivity index (χ3n) is 3.26. The minimum Gasteiger partial charge on any atom is -0.265 e. The quantitative estimate of drug-likeness (QED) is 0.724. The first-order valence-corrected chi connectivity index (χ1v) is 7.20. The topological polar surface area (TPSA) is 41.6 Å². The Morgan fingerprint density at radius 3 is 2.65 bits per heavy atom. The summed E-state index contributed by atoms with van der Waals surface area (Å²) in [5, 5.41) is 13.5. The van der Waals surface area contributed by atoms with Crippen LogP contribution in [0.2, 0.25) is 0 Å². The van der Waals surface area contributed by atoms with Crippen molar-refractivity contribution in [2.45, 2.75) is 13.0 Å². The van der Waals surface area contributed by atoms with E-state index in [2.05, 4.69) is 30.2 Å². The molecule has 3 nitrogen and oxygen atoms in total. The second kappa shape index (κ2) is 5.32. The van der Waals surface area contributed by atoms with Gasteiger partial charge in [-0.2, -0.15) is 10.4 Å². The summed E-state index contributed by atoms with van der Waals surface area (Å²) in [5.74, 6) is 0. The van der Waals surface area contributed by atoms with E-state index in [9.17, 15) is 0 Å². The highest BCUT2D eigenvalue weighted by atomic mass is 32.1. The van der Waals surface area contributed by atoms with Crippen LogP contribution in [0, 0.1) is 11.3 Å². The second-order valence-electron chi connectivity index (χ2n) is 4.54. The molecule has 0 fully saturated rings. The highest BCUT2D eigenvalue weighted by Crippen LogP contribution is 2.27. The Morgan fingerprint density at radius 1 is 1.15 bits per heavy atom. The Kier molecular flexibility index (Phi) is 3.36. The number of hydrogen-bond donors (Lipinski definition) is 0. The predicted molar refractivity (Wildman–Crippen MR) is 80.5 cm³/mol. The van der Waals surface area contributed by atoms with Gasteiger partial charge in [-0.25, -0.2) is 0 Å². The van der Waals surface area contributed by atoms with E-state index in [0.29, 0.717) is 4.88 Å². The summed E-state index contributed by atoms with van der Waals surface area (Å²) in [6.07, 6.45) is 1.98. The van der Waals surface area contributed by atoms with Gasteiger partial charge in [0.15, 0.2) is 0 Å². The summed E-state index contributed by atoms with van der Waals surface area (Å²) in [6.45, 7) is 2.13. The highest BCUT2D eigenvalue weighted by Gasteiger charge is 2.11. The largest absolute Gasteiger partial charge is 0.265 e. The fourth-order valence-corrected chi connectivity index (χ4v) is 2.87. The molecule has 3 aromatic rings. The Morgan fingerprint density at radius 2 is 1.95 bits per heavy atom. The third kappa shape index (κ3) is 2.36. The predicted octanol–water partition coefficient (Wildman–Crippen LogP) is 4.09. The van der Waals surface area contributed by atoms with E-state index in [1.807, 2.05) is 47.3 Å². The molecule has 2 aromatic heterocycles. The van der Waals surface area contributed by atoms with E-state index >= 15 is 0 Å². The van der Waals surface area contributed by atoms with Gasteiger partial charge < -0.3 is 0 Å². The van der Waals surface area contributed by atoms with Crippen molar-refractivity contribution in [2.24, 2.45) is 0 Å². The number of benzene rings is 1. The Hall–Kier alpha value is -2.38. The molecule has 1 unspecified atom stereocenters. The second-order valence-corrected chi connectivity index (χ2v) is 5.63. The highest BCUT2D eigenvalue weighted by molar-refractivity contribution is 7.15. The van der Waals surface area contributed by atoms with Crippen molar-refractivity contribution in [1.29, 1.82) is 5.26 Å². The molecule has 0 bridgehead atoms.